The van der Waals surface area contributed by atoms with Crippen LogP contribution >= 0.6 is 0 Å². The topological polar surface area (TPSA) is 38.8 Å². The molecule has 3 nitrogen and oxygen atoms in total. The van der Waals surface area contributed by atoms with Crippen LogP contribution in [-0.4, -0.2) is 24.3 Å². The second-order valence-electron chi connectivity index (χ2n) is 6.24. The van der Waals surface area contributed by atoms with Crippen LogP contribution in [0.1, 0.15) is 26.2 Å². The Balaban J connectivity index is 1.50. The summed E-state index contributed by atoms with van der Waals surface area (Å²) < 4.78 is 11.2. The van der Waals surface area contributed by atoms with Crippen molar-refractivity contribution in [3.63, 3.8) is 0 Å². The Kier molecular flexibility index (Phi) is 1.87. The number of fused-ring (bicyclic) bond motifs is 7. The lowest BCUT2D eigenvalue weighted by Crippen LogP contribution is -2.35. The van der Waals surface area contributed by atoms with E-state index >= 15 is 0 Å². The highest BCUT2D eigenvalue weighted by Crippen LogP contribution is 2.64. The van der Waals surface area contributed by atoms with Gasteiger partial charge in [0.2, 0.25) is 0 Å². The van der Waals surface area contributed by atoms with Crippen molar-refractivity contribution in [1.82, 2.24) is 0 Å². The maximum absolute atomic E-state index is 11.6. The van der Waals surface area contributed by atoms with Gasteiger partial charge in [0, 0.05) is 11.5 Å². The predicted molar refractivity (Wildman–Crippen MR) is 61.2 cm³/mol. The SMILES string of the molecule is C=C(C)C(=O)OC1CC2CC1C1C2CC2OC21. The average Bonchev–Trinajstić information content (AvgIpc) is 2.69. The molecule has 17 heavy (non-hydrogen) atoms. The normalized spacial score (nSPS) is 53.1. The molecule has 1 aliphatic heterocycles. The monoisotopic (exact) mass is 234 g/mol. The second kappa shape index (κ2) is 3.14. The average molecular weight is 234 g/mol. The first-order valence-electron chi connectivity index (χ1n) is 6.67. The van der Waals surface area contributed by atoms with Crippen molar-refractivity contribution in [2.24, 2.45) is 23.7 Å². The molecule has 0 spiro atoms. The zero-order chi connectivity index (χ0) is 11.7. The fraction of sp³-hybridized carbons (Fsp3) is 0.786. The van der Waals surface area contributed by atoms with Gasteiger partial charge in [0.1, 0.15) is 6.10 Å². The van der Waals surface area contributed by atoms with E-state index in [4.69, 9.17) is 9.47 Å². The lowest BCUT2D eigenvalue weighted by molar-refractivity contribution is -0.148. The summed E-state index contributed by atoms with van der Waals surface area (Å²) in [5, 5.41) is 0. The van der Waals surface area contributed by atoms with Gasteiger partial charge in [0.05, 0.1) is 12.2 Å². The standard InChI is InChI=1S/C14H18O3/c1-6(2)14(15)17-10-4-7-3-9(10)12-8(7)5-11-13(12)16-11/h7-13H,1,3-5H2,2H3. The minimum Gasteiger partial charge on any atom is -0.459 e. The van der Waals surface area contributed by atoms with E-state index in [1.54, 1.807) is 6.92 Å². The summed E-state index contributed by atoms with van der Waals surface area (Å²) in [6, 6.07) is 0. The second-order valence-corrected chi connectivity index (χ2v) is 6.24. The van der Waals surface area contributed by atoms with Gasteiger partial charge in [-0.2, -0.15) is 0 Å². The fourth-order valence-corrected chi connectivity index (χ4v) is 4.62. The molecular weight excluding hydrogens is 216 g/mol. The number of hydrogen-bond donors (Lipinski definition) is 0. The van der Waals surface area contributed by atoms with E-state index in [9.17, 15) is 4.79 Å². The Labute approximate surface area is 101 Å². The summed E-state index contributed by atoms with van der Waals surface area (Å²) >= 11 is 0. The number of hydrogen-bond acceptors (Lipinski definition) is 3. The molecule has 0 aromatic carbocycles. The number of esters is 1. The first-order chi connectivity index (χ1) is 8.15. The number of ether oxygens (including phenoxy) is 2. The van der Waals surface area contributed by atoms with Crippen LogP contribution in [0.3, 0.4) is 0 Å². The van der Waals surface area contributed by atoms with Crippen molar-refractivity contribution in [3.8, 4) is 0 Å². The zero-order valence-electron chi connectivity index (χ0n) is 10.1. The van der Waals surface area contributed by atoms with Crippen LogP contribution in [0.5, 0.6) is 0 Å². The van der Waals surface area contributed by atoms with Gasteiger partial charge < -0.3 is 9.47 Å². The van der Waals surface area contributed by atoms with Crippen LogP contribution in [0.4, 0.5) is 0 Å². The number of carbonyl (C=O) groups is 1. The third-order valence-corrected chi connectivity index (χ3v) is 5.29. The maximum Gasteiger partial charge on any atom is 0.333 e. The molecule has 2 bridgehead atoms. The van der Waals surface area contributed by atoms with E-state index < -0.39 is 0 Å². The minimum absolute atomic E-state index is 0.133. The molecule has 92 valence electrons. The lowest BCUT2D eigenvalue weighted by Gasteiger charge is -2.32. The molecule has 4 rings (SSSR count). The van der Waals surface area contributed by atoms with E-state index in [1.807, 2.05) is 0 Å². The quantitative estimate of drug-likeness (QED) is 0.416. The van der Waals surface area contributed by atoms with Crippen molar-refractivity contribution in [3.05, 3.63) is 12.2 Å². The summed E-state index contributed by atoms with van der Waals surface area (Å²) in [5.41, 5.74) is 0.510. The van der Waals surface area contributed by atoms with E-state index in [0.29, 0.717) is 29.6 Å². The molecule has 1 saturated heterocycles. The minimum atomic E-state index is -0.217. The van der Waals surface area contributed by atoms with Gasteiger partial charge in [0.25, 0.3) is 0 Å². The van der Waals surface area contributed by atoms with Gasteiger partial charge in [0.15, 0.2) is 0 Å². The molecule has 7 unspecified atom stereocenters. The van der Waals surface area contributed by atoms with Crippen LogP contribution in [0.25, 0.3) is 0 Å². The van der Waals surface area contributed by atoms with Gasteiger partial charge in [-0.25, -0.2) is 4.79 Å². The molecule has 0 aromatic rings. The van der Waals surface area contributed by atoms with E-state index in [0.717, 1.165) is 18.3 Å². The van der Waals surface area contributed by atoms with E-state index in [-0.39, 0.29) is 12.1 Å². The molecule has 3 heteroatoms. The van der Waals surface area contributed by atoms with Gasteiger partial charge in [-0.3, -0.25) is 0 Å². The Morgan fingerprint density at radius 2 is 2.12 bits per heavy atom. The maximum atomic E-state index is 11.6. The highest BCUT2D eigenvalue weighted by Gasteiger charge is 2.67. The fourth-order valence-electron chi connectivity index (χ4n) is 4.62. The molecule has 0 N–H and O–H groups in total. The molecular formula is C14H18O3. The Morgan fingerprint density at radius 1 is 1.29 bits per heavy atom. The molecule has 1 heterocycles. The smallest absolute Gasteiger partial charge is 0.333 e. The third kappa shape index (κ3) is 1.29. The number of carbonyl (C=O) groups excluding carboxylic acids is 1. The molecule has 3 aliphatic carbocycles. The third-order valence-electron chi connectivity index (χ3n) is 5.29. The largest absolute Gasteiger partial charge is 0.459 e. The molecule has 7 atom stereocenters. The first kappa shape index (κ1) is 10.1. The molecule has 0 radical (unpaired) electrons. The Hall–Kier alpha value is -0.830. The summed E-state index contributed by atoms with van der Waals surface area (Å²) in [6.45, 7) is 5.37. The van der Waals surface area contributed by atoms with Crippen molar-refractivity contribution in [2.75, 3.05) is 0 Å². The van der Waals surface area contributed by atoms with Crippen LogP contribution in [0, 0.1) is 23.7 Å². The van der Waals surface area contributed by atoms with Gasteiger partial charge in [-0.05, 0) is 43.9 Å². The molecule has 4 aliphatic rings. The van der Waals surface area contributed by atoms with Crippen molar-refractivity contribution in [1.29, 1.82) is 0 Å². The van der Waals surface area contributed by atoms with Crippen LogP contribution in [-0.2, 0) is 14.3 Å². The van der Waals surface area contributed by atoms with Crippen LogP contribution in [0.15, 0.2) is 12.2 Å². The van der Waals surface area contributed by atoms with Crippen LogP contribution < -0.4 is 0 Å². The van der Waals surface area contributed by atoms with Crippen LogP contribution in [0.2, 0.25) is 0 Å². The van der Waals surface area contributed by atoms with Crippen molar-refractivity contribution in [2.45, 2.75) is 44.5 Å². The summed E-state index contributed by atoms with van der Waals surface area (Å²) in [4.78, 5) is 11.6. The van der Waals surface area contributed by atoms with Crippen molar-refractivity contribution < 1.29 is 14.3 Å². The molecule has 4 fully saturated rings. The van der Waals surface area contributed by atoms with E-state index in [2.05, 4.69) is 6.58 Å². The van der Waals surface area contributed by atoms with Gasteiger partial charge in [-0.1, -0.05) is 6.58 Å². The number of rotatable bonds is 2. The van der Waals surface area contributed by atoms with Gasteiger partial charge in [-0.15, -0.1) is 0 Å². The van der Waals surface area contributed by atoms with Gasteiger partial charge >= 0.3 is 5.97 Å². The first-order valence-corrected chi connectivity index (χ1v) is 6.67. The Bertz CT molecular complexity index is 402. The summed E-state index contributed by atoms with van der Waals surface area (Å²) in [6.07, 6.45) is 4.76. The molecule has 0 amide bonds. The molecule has 0 aromatic heterocycles. The number of epoxide rings is 1. The van der Waals surface area contributed by atoms with Crippen molar-refractivity contribution >= 4 is 5.97 Å². The predicted octanol–water partition coefficient (Wildman–Crippen LogP) is 1.92. The summed E-state index contributed by atoms with van der Waals surface area (Å²) in [5.74, 6) is 2.67. The van der Waals surface area contributed by atoms with E-state index in [1.165, 1.54) is 12.8 Å². The molecule has 3 saturated carbocycles. The highest BCUT2D eigenvalue weighted by molar-refractivity contribution is 5.87. The lowest BCUT2D eigenvalue weighted by atomic mass is 9.79. The zero-order valence-corrected chi connectivity index (χ0v) is 10.1. The summed E-state index contributed by atoms with van der Waals surface area (Å²) in [7, 11) is 0. The highest BCUT2D eigenvalue weighted by atomic mass is 16.6. The Morgan fingerprint density at radius 3 is 2.88 bits per heavy atom.